The molecule has 16 heavy (non-hydrogen) atoms. The van der Waals surface area contributed by atoms with E-state index in [0.29, 0.717) is 16.3 Å². The fourth-order valence-corrected chi connectivity index (χ4v) is 2.19. The predicted octanol–water partition coefficient (Wildman–Crippen LogP) is 3.96. The highest BCUT2D eigenvalue weighted by Crippen LogP contribution is 2.19. The Kier molecular flexibility index (Phi) is 3.66. The van der Waals surface area contributed by atoms with Crippen molar-refractivity contribution in [3.63, 3.8) is 0 Å². The van der Waals surface area contributed by atoms with E-state index in [1.54, 1.807) is 30.5 Å². The van der Waals surface area contributed by atoms with E-state index in [1.165, 1.54) is 0 Å². The van der Waals surface area contributed by atoms with Crippen LogP contribution in [0.25, 0.3) is 0 Å². The summed E-state index contributed by atoms with van der Waals surface area (Å²) in [5.74, 6) is 0.683. The summed E-state index contributed by atoms with van der Waals surface area (Å²) < 4.78 is 6.04. The average Bonchev–Trinajstić information content (AvgIpc) is 2.74. The minimum Gasteiger partial charge on any atom is -0.469 e. The molecule has 0 bridgehead atoms. The highest BCUT2D eigenvalue weighted by molar-refractivity contribution is 14.1. The molecule has 4 heteroatoms. The first kappa shape index (κ1) is 11.7. The van der Waals surface area contributed by atoms with Gasteiger partial charge in [0.2, 0.25) is 0 Å². The lowest BCUT2D eigenvalue weighted by Gasteiger charge is -2.02. The van der Waals surface area contributed by atoms with Crippen LogP contribution in [0.15, 0.2) is 41.0 Å². The third-order valence-corrected chi connectivity index (χ3v) is 3.32. The van der Waals surface area contributed by atoms with E-state index in [-0.39, 0.29) is 12.2 Å². The van der Waals surface area contributed by atoms with Crippen molar-refractivity contribution in [2.24, 2.45) is 0 Å². The predicted molar refractivity (Wildman–Crippen MR) is 70.9 cm³/mol. The molecule has 82 valence electrons. The molecule has 2 nitrogen and oxygen atoms in total. The molecule has 0 spiro atoms. The summed E-state index contributed by atoms with van der Waals surface area (Å²) in [5, 5.41) is 0.572. The minimum atomic E-state index is 0.0156. The van der Waals surface area contributed by atoms with Crippen molar-refractivity contribution in [2.75, 3.05) is 0 Å². The topological polar surface area (TPSA) is 30.2 Å². The van der Waals surface area contributed by atoms with Crippen LogP contribution in [0, 0.1) is 3.57 Å². The summed E-state index contributed by atoms with van der Waals surface area (Å²) in [4.78, 5) is 12.0. The van der Waals surface area contributed by atoms with Gasteiger partial charge in [-0.05, 0) is 52.9 Å². The third-order valence-electron chi connectivity index (χ3n) is 2.14. The van der Waals surface area contributed by atoms with Gasteiger partial charge in [0, 0.05) is 14.2 Å². The normalized spacial score (nSPS) is 10.4. The minimum absolute atomic E-state index is 0.0156. The second-order valence-corrected chi connectivity index (χ2v) is 4.90. The second-order valence-electron chi connectivity index (χ2n) is 3.30. The summed E-state index contributed by atoms with van der Waals surface area (Å²) in [6.45, 7) is 0. The first-order valence-electron chi connectivity index (χ1n) is 4.67. The van der Waals surface area contributed by atoms with E-state index in [9.17, 15) is 4.79 Å². The number of rotatable bonds is 3. The Labute approximate surface area is 112 Å². The van der Waals surface area contributed by atoms with Crippen LogP contribution in [-0.4, -0.2) is 5.78 Å². The van der Waals surface area contributed by atoms with Gasteiger partial charge in [-0.15, -0.1) is 0 Å². The molecule has 1 heterocycles. The van der Waals surface area contributed by atoms with Crippen LogP contribution >= 0.6 is 34.2 Å². The SMILES string of the molecule is O=C(Cc1ccco1)c1cc(Cl)ccc1I. The van der Waals surface area contributed by atoms with E-state index >= 15 is 0 Å². The third kappa shape index (κ3) is 2.65. The molecule has 0 atom stereocenters. The van der Waals surface area contributed by atoms with Crippen LogP contribution in [-0.2, 0) is 6.42 Å². The number of carbonyl (C=O) groups excluding carboxylic acids is 1. The zero-order valence-corrected chi connectivity index (χ0v) is 11.2. The van der Waals surface area contributed by atoms with Gasteiger partial charge in [-0.25, -0.2) is 0 Å². The molecule has 0 aliphatic heterocycles. The van der Waals surface area contributed by atoms with Crippen LogP contribution in [0.4, 0.5) is 0 Å². The largest absolute Gasteiger partial charge is 0.469 e. The van der Waals surface area contributed by atoms with Crippen molar-refractivity contribution in [3.8, 4) is 0 Å². The molecule has 0 saturated carbocycles. The number of benzene rings is 1. The van der Waals surface area contributed by atoms with Crippen molar-refractivity contribution in [2.45, 2.75) is 6.42 Å². The van der Waals surface area contributed by atoms with Gasteiger partial charge in [0.15, 0.2) is 5.78 Å². The van der Waals surface area contributed by atoms with Crippen molar-refractivity contribution in [3.05, 3.63) is 56.5 Å². The van der Waals surface area contributed by atoms with Gasteiger partial charge in [0.1, 0.15) is 5.76 Å². The second kappa shape index (κ2) is 5.01. The molecular formula is C12H8ClIO2. The number of furan rings is 1. The Morgan fingerprint density at radius 3 is 2.88 bits per heavy atom. The van der Waals surface area contributed by atoms with Crippen LogP contribution in [0.5, 0.6) is 0 Å². The molecule has 0 unspecified atom stereocenters. The van der Waals surface area contributed by atoms with Crippen LogP contribution in [0.2, 0.25) is 5.02 Å². The number of carbonyl (C=O) groups is 1. The van der Waals surface area contributed by atoms with Crippen molar-refractivity contribution >= 4 is 40.0 Å². The van der Waals surface area contributed by atoms with Gasteiger partial charge in [-0.2, -0.15) is 0 Å². The molecule has 1 aromatic carbocycles. The van der Waals surface area contributed by atoms with Gasteiger partial charge in [0.05, 0.1) is 12.7 Å². The van der Waals surface area contributed by atoms with E-state index < -0.39 is 0 Å². The van der Waals surface area contributed by atoms with E-state index in [2.05, 4.69) is 22.6 Å². The van der Waals surface area contributed by atoms with Crippen LogP contribution in [0.1, 0.15) is 16.1 Å². The summed E-state index contributed by atoms with van der Waals surface area (Å²) >= 11 is 7.99. The Hall–Kier alpha value is -0.810. The molecule has 1 aromatic heterocycles. The Morgan fingerprint density at radius 1 is 1.38 bits per heavy atom. The van der Waals surface area contributed by atoms with Crippen LogP contribution < -0.4 is 0 Å². The smallest absolute Gasteiger partial charge is 0.171 e. The van der Waals surface area contributed by atoms with E-state index in [1.807, 2.05) is 6.07 Å². The summed E-state index contributed by atoms with van der Waals surface area (Å²) in [5.41, 5.74) is 0.643. The maximum absolute atomic E-state index is 12.0. The fourth-order valence-electron chi connectivity index (χ4n) is 1.38. The Bertz CT molecular complexity index is 506. The maximum atomic E-state index is 12.0. The lowest BCUT2D eigenvalue weighted by Crippen LogP contribution is -2.05. The van der Waals surface area contributed by atoms with Crippen molar-refractivity contribution in [1.29, 1.82) is 0 Å². The van der Waals surface area contributed by atoms with E-state index in [4.69, 9.17) is 16.0 Å². The number of ketones is 1. The number of halogens is 2. The number of hydrogen-bond acceptors (Lipinski definition) is 2. The summed E-state index contributed by atoms with van der Waals surface area (Å²) in [6.07, 6.45) is 1.83. The molecular weight excluding hydrogens is 338 g/mol. The molecule has 0 aliphatic rings. The van der Waals surface area contributed by atoms with E-state index in [0.717, 1.165) is 3.57 Å². The summed E-state index contributed by atoms with van der Waals surface area (Å²) in [7, 11) is 0. The number of hydrogen-bond donors (Lipinski definition) is 0. The van der Waals surface area contributed by atoms with Crippen molar-refractivity contribution in [1.82, 2.24) is 0 Å². The first-order valence-corrected chi connectivity index (χ1v) is 6.13. The highest BCUT2D eigenvalue weighted by Gasteiger charge is 2.12. The molecule has 0 aliphatic carbocycles. The van der Waals surface area contributed by atoms with Gasteiger partial charge in [-0.1, -0.05) is 11.6 Å². The number of Topliss-reactive ketones (excluding diaryl/α,β-unsaturated/α-hetero) is 1. The molecule has 0 radical (unpaired) electrons. The molecule has 2 aromatic rings. The molecule has 0 fully saturated rings. The quantitative estimate of drug-likeness (QED) is 0.622. The molecule has 2 rings (SSSR count). The standard InChI is InChI=1S/C12H8ClIO2/c13-8-3-4-11(14)10(6-8)12(15)7-9-2-1-5-16-9/h1-6H,7H2. The zero-order chi connectivity index (χ0) is 11.5. The highest BCUT2D eigenvalue weighted by atomic mass is 127. The maximum Gasteiger partial charge on any atom is 0.171 e. The molecule has 0 amide bonds. The average molecular weight is 347 g/mol. The van der Waals surface area contributed by atoms with Crippen LogP contribution in [0.3, 0.4) is 0 Å². The lowest BCUT2D eigenvalue weighted by molar-refractivity contribution is 0.0986. The zero-order valence-electron chi connectivity index (χ0n) is 8.24. The van der Waals surface area contributed by atoms with Gasteiger partial charge >= 0.3 is 0 Å². The Morgan fingerprint density at radius 2 is 2.19 bits per heavy atom. The Balaban J connectivity index is 2.24. The van der Waals surface area contributed by atoms with Crippen molar-refractivity contribution < 1.29 is 9.21 Å². The summed E-state index contributed by atoms with van der Waals surface area (Å²) in [6, 6.07) is 8.85. The first-order chi connectivity index (χ1) is 7.66. The van der Waals surface area contributed by atoms with Gasteiger partial charge in [0.25, 0.3) is 0 Å². The lowest BCUT2D eigenvalue weighted by atomic mass is 10.1. The molecule has 0 N–H and O–H groups in total. The monoisotopic (exact) mass is 346 g/mol. The van der Waals surface area contributed by atoms with Gasteiger partial charge < -0.3 is 4.42 Å². The fraction of sp³-hybridized carbons (Fsp3) is 0.0833. The van der Waals surface area contributed by atoms with Gasteiger partial charge in [-0.3, -0.25) is 4.79 Å². The molecule has 0 saturated heterocycles.